The summed E-state index contributed by atoms with van der Waals surface area (Å²) in [6.45, 7) is 4.92. The number of rotatable bonds is 5. The van der Waals surface area contributed by atoms with Crippen molar-refractivity contribution in [1.82, 2.24) is 4.57 Å². The number of hydrogen-bond donors (Lipinski definition) is 0. The van der Waals surface area contributed by atoms with Crippen LogP contribution in [0.15, 0.2) is 41.4 Å². The molecule has 2 aromatic carbocycles. The summed E-state index contributed by atoms with van der Waals surface area (Å²) in [6, 6.07) is 10.9. The van der Waals surface area contributed by atoms with Gasteiger partial charge >= 0.3 is 0 Å². The molecule has 0 atom stereocenters. The van der Waals surface area contributed by atoms with E-state index in [9.17, 15) is 14.4 Å². The molecule has 6 nitrogen and oxygen atoms in total. The number of carbonyl (C=O) groups excluding carboxylic acids is 3. The van der Waals surface area contributed by atoms with Crippen molar-refractivity contribution in [1.29, 1.82) is 0 Å². The molecule has 4 rings (SSSR count). The van der Waals surface area contributed by atoms with Gasteiger partial charge in [-0.2, -0.15) is 16.8 Å². The number of benzene rings is 2. The Morgan fingerprint density at radius 2 is 1.81 bits per heavy atom. The first kappa shape index (κ1) is 21.5. The van der Waals surface area contributed by atoms with Gasteiger partial charge in [0.15, 0.2) is 4.80 Å². The predicted molar refractivity (Wildman–Crippen MR) is 126 cm³/mol. The first-order valence-electron chi connectivity index (χ1n) is 10.0. The lowest BCUT2D eigenvalue weighted by molar-refractivity contribution is -0.121. The highest BCUT2D eigenvalue weighted by molar-refractivity contribution is 7.98. The van der Waals surface area contributed by atoms with Crippen molar-refractivity contribution in [2.24, 2.45) is 4.99 Å². The van der Waals surface area contributed by atoms with E-state index in [0.717, 1.165) is 27.4 Å². The fraction of sp³-hybridized carbons (Fsp3) is 0.304. The molecule has 0 saturated carbocycles. The largest absolute Gasteiger partial charge is 0.315 e. The smallest absolute Gasteiger partial charge is 0.279 e. The normalized spacial score (nSPS) is 14.8. The minimum absolute atomic E-state index is 0.206. The fourth-order valence-corrected chi connectivity index (χ4v) is 5.10. The molecule has 2 heterocycles. The summed E-state index contributed by atoms with van der Waals surface area (Å²) in [7, 11) is 0. The summed E-state index contributed by atoms with van der Waals surface area (Å²) in [4.78, 5) is 43.3. The number of thiazole rings is 1. The molecule has 0 N–H and O–H groups in total. The molecular weight excluding hydrogens is 430 g/mol. The number of aromatic nitrogens is 1. The molecule has 1 aliphatic heterocycles. The lowest BCUT2D eigenvalue weighted by Crippen LogP contribution is -2.28. The number of thioether (sulfide) groups is 1. The average molecular weight is 454 g/mol. The van der Waals surface area contributed by atoms with Crippen LogP contribution in [0.5, 0.6) is 0 Å². The Hall–Kier alpha value is -2.71. The van der Waals surface area contributed by atoms with Gasteiger partial charge in [0.25, 0.3) is 5.91 Å². The Morgan fingerprint density at radius 1 is 1.10 bits per heavy atom. The van der Waals surface area contributed by atoms with Crippen molar-refractivity contribution < 1.29 is 14.4 Å². The van der Waals surface area contributed by atoms with Gasteiger partial charge in [-0.25, -0.2) is 0 Å². The van der Waals surface area contributed by atoms with E-state index in [2.05, 4.69) is 41.8 Å². The number of carbonyl (C=O) groups is 3. The van der Waals surface area contributed by atoms with Crippen LogP contribution in [0.2, 0.25) is 0 Å². The Kier molecular flexibility index (Phi) is 6.11. The lowest BCUT2D eigenvalue weighted by Gasteiger charge is -2.14. The number of hydrogen-bond acceptors (Lipinski definition) is 5. The average Bonchev–Trinajstić information content (AvgIpc) is 3.25. The summed E-state index contributed by atoms with van der Waals surface area (Å²) >= 11 is 3.24. The van der Waals surface area contributed by atoms with Crippen molar-refractivity contribution in [3.8, 4) is 0 Å². The second kappa shape index (κ2) is 8.80. The summed E-state index contributed by atoms with van der Waals surface area (Å²) in [5.41, 5.74) is 4.26. The third-order valence-corrected chi connectivity index (χ3v) is 7.05. The van der Waals surface area contributed by atoms with Gasteiger partial charge in [0.2, 0.25) is 11.8 Å². The molecule has 1 saturated heterocycles. The van der Waals surface area contributed by atoms with Crippen molar-refractivity contribution in [3.05, 3.63) is 57.9 Å². The topological polar surface area (TPSA) is 71.7 Å². The van der Waals surface area contributed by atoms with Crippen molar-refractivity contribution in [3.63, 3.8) is 0 Å². The number of aryl methyl sites for hydroxylation is 3. The highest BCUT2D eigenvalue weighted by Gasteiger charge is 2.30. The van der Waals surface area contributed by atoms with E-state index in [4.69, 9.17) is 0 Å². The first-order valence-corrected chi connectivity index (χ1v) is 12.2. The van der Waals surface area contributed by atoms with Gasteiger partial charge in [-0.1, -0.05) is 17.4 Å². The third kappa shape index (κ3) is 4.22. The van der Waals surface area contributed by atoms with Crippen molar-refractivity contribution in [2.75, 3.05) is 16.9 Å². The minimum Gasteiger partial charge on any atom is -0.315 e. The van der Waals surface area contributed by atoms with Gasteiger partial charge in [0.05, 0.1) is 15.9 Å². The summed E-state index contributed by atoms with van der Waals surface area (Å²) in [5, 5.41) is 0. The van der Waals surface area contributed by atoms with Crippen LogP contribution in [0, 0.1) is 13.8 Å². The zero-order valence-corrected chi connectivity index (χ0v) is 19.3. The first-order chi connectivity index (χ1) is 14.9. The molecule has 1 fully saturated rings. The van der Waals surface area contributed by atoms with E-state index in [0.29, 0.717) is 16.1 Å². The van der Waals surface area contributed by atoms with Crippen LogP contribution in [0.1, 0.15) is 34.3 Å². The van der Waals surface area contributed by atoms with Crippen LogP contribution in [0.4, 0.5) is 5.69 Å². The van der Waals surface area contributed by atoms with Crippen molar-refractivity contribution >= 4 is 56.7 Å². The molecule has 3 amide bonds. The maximum absolute atomic E-state index is 13.0. The molecule has 0 radical (unpaired) electrons. The maximum Gasteiger partial charge on any atom is 0.279 e. The summed E-state index contributed by atoms with van der Waals surface area (Å²) in [6.07, 6.45) is 2.47. The SMILES string of the molecule is CSCCn1c(=NC(=O)c2cccc(N3C(=O)CCC3=O)c2)sc2cc(C)c(C)cc21. The highest BCUT2D eigenvalue weighted by atomic mass is 32.2. The molecule has 31 heavy (non-hydrogen) atoms. The van der Waals surface area contributed by atoms with Gasteiger partial charge < -0.3 is 4.57 Å². The van der Waals surface area contributed by atoms with Gasteiger partial charge in [-0.15, -0.1) is 0 Å². The molecule has 0 spiro atoms. The monoisotopic (exact) mass is 453 g/mol. The van der Waals surface area contributed by atoms with Crippen LogP contribution in [0.3, 0.4) is 0 Å². The summed E-state index contributed by atoms with van der Waals surface area (Å²) < 4.78 is 3.19. The highest BCUT2D eigenvalue weighted by Crippen LogP contribution is 2.25. The van der Waals surface area contributed by atoms with Crippen LogP contribution in [-0.2, 0) is 16.1 Å². The van der Waals surface area contributed by atoms with E-state index in [1.54, 1.807) is 36.0 Å². The Labute approximate surface area is 188 Å². The molecule has 8 heteroatoms. The zero-order valence-electron chi connectivity index (χ0n) is 17.7. The molecule has 0 unspecified atom stereocenters. The van der Waals surface area contributed by atoms with Gasteiger partial charge in [0.1, 0.15) is 0 Å². The molecule has 0 bridgehead atoms. The maximum atomic E-state index is 13.0. The van der Waals surface area contributed by atoms with Gasteiger partial charge in [-0.05, 0) is 61.6 Å². The Bertz CT molecular complexity index is 1260. The van der Waals surface area contributed by atoms with Crippen LogP contribution in [-0.4, -0.2) is 34.3 Å². The van der Waals surface area contributed by atoms with Gasteiger partial charge in [0, 0.05) is 30.7 Å². The number of fused-ring (bicyclic) bond motifs is 1. The molecule has 0 aliphatic carbocycles. The van der Waals surface area contributed by atoms with E-state index >= 15 is 0 Å². The van der Waals surface area contributed by atoms with Crippen LogP contribution < -0.4 is 9.70 Å². The van der Waals surface area contributed by atoms with Crippen molar-refractivity contribution in [2.45, 2.75) is 33.2 Å². The fourth-order valence-electron chi connectivity index (χ4n) is 3.60. The Balaban J connectivity index is 1.76. The predicted octanol–water partition coefficient (Wildman–Crippen LogP) is 4.08. The number of anilines is 1. The number of nitrogens with zero attached hydrogens (tertiary/aromatic N) is 3. The molecular formula is C23H23N3O3S2. The third-order valence-electron chi connectivity index (χ3n) is 5.42. The minimum atomic E-state index is -0.390. The van der Waals surface area contributed by atoms with E-state index in [-0.39, 0.29) is 30.6 Å². The van der Waals surface area contributed by atoms with E-state index < -0.39 is 0 Å². The molecule has 1 aliphatic rings. The van der Waals surface area contributed by atoms with Gasteiger partial charge in [-0.3, -0.25) is 19.3 Å². The van der Waals surface area contributed by atoms with E-state index in [1.165, 1.54) is 22.5 Å². The zero-order chi connectivity index (χ0) is 22.1. The molecule has 160 valence electrons. The number of imide groups is 1. The standard InChI is InChI=1S/C23H23N3O3S2/c1-14-11-18-19(12-15(14)2)31-23(25(18)9-10-30-3)24-22(29)16-5-4-6-17(13-16)26-20(27)7-8-21(26)28/h4-6,11-13H,7-10H2,1-3H3. The lowest BCUT2D eigenvalue weighted by atomic mass is 10.1. The number of amides is 3. The van der Waals surface area contributed by atoms with E-state index in [1.807, 2.05) is 0 Å². The second-order valence-corrected chi connectivity index (χ2v) is 9.52. The Morgan fingerprint density at radius 3 is 2.52 bits per heavy atom. The second-order valence-electron chi connectivity index (χ2n) is 7.52. The summed E-state index contributed by atoms with van der Waals surface area (Å²) in [5.74, 6) is 0.0432. The quantitative estimate of drug-likeness (QED) is 0.546. The van der Waals surface area contributed by atoms with Crippen LogP contribution in [0.25, 0.3) is 10.2 Å². The molecule has 3 aromatic rings. The molecule has 1 aromatic heterocycles. The van der Waals surface area contributed by atoms with Crippen LogP contribution >= 0.6 is 23.1 Å².